The number of alkyl halides is 1. The summed E-state index contributed by atoms with van der Waals surface area (Å²) >= 11 is 37.8. The number of ether oxygens (including phenoxy) is 1. The van der Waals surface area contributed by atoms with E-state index in [1.807, 2.05) is 59.8 Å². The molecule has 35 heavy (non-hydrogen) atoms. The van der Waals surface area contributed by atoms with Crippen LogP contribution in [0.1, 0.15) is 22.8 Å². The molecule has 0 saturated heterocycles. The molecule has 0 amide bonds. The largest absolute Gasteiger partial charge is 0.365 e. The molecule has 2 atom stereocenters. The average molecular weight is 614 g/mol. The molecule has 2 unspecified atom stereocenters. The molecule has 10 heteroatoms. The predicted octanol–water partition coefficient (Wildman–Crippen LogP) is 9.44. The molecule has 0 aliphatic carbocycles. The summed E-state index contributed by atoms with van der Waals surface area (Å²) in [6, 6.07) is 18.3. The lowest BCUT2D eigenvalue weighted by molar-refractivity contribution is 0.00658. The number of benzene rings is 3. The van der Waals surface area contributed by atoms with Gasteiger partial charge in [-0.25, -0.2) is 0 Å². The molecule has 3 nitrogen and oxygen atoms in total. The van der Waals surface area contributed by atoms with Crippen molar-refractivity contribution in [1.82, 2.24) is 9.80 Å². The molecule has 3 aromatic carbocycles. The van der Waals surface area contributed by atoms with E-state index in [0.717, 1.165) is 16.7 Å². The molecule has 1 heterocycles. The summed E-state index contributed by atoms with van der Waals surface area (Å²) in [5, 5.41) is 2.99. The fraction of sp³-hybridized carbons (Fsp3) is 0.200. The minimum atomic E-state index is -0.491. The van der Waals surface area contributed by atoms with Gasteiger partial charge >= 0.3 is 0 Å². The van der Waals surface area contributed by atoms with Crippen molar-refractivity contribution in [3.05, 3.63) is 115 Å². The van der Waals surface area contributed by atoms with Crippen molar-refractivity contribution >= 4 is 82.0 Å². The van der Waals surface area contributed by atoms with Crippen LogP contribution < -0.4 is 0 Å². The Morgan fingerprint density at radius 3 is 1.91 bits per heavy atom. The van der Waals surface area contributed by atoms with Crippen molar-refractivity contribution in [1.29, 1.82) is 0 Å². The Hall–Kier alpha value is -1.01. The SMILES string of the molecule is Cl.Clc1ccc(C(OCc2ccc(Cl)cc2Cl)C(Cl)N2C=CN(Cc3ccc(Cl)cc3Cl)C2)cc1. The number of rotatable bonds is 8. The van der Waals surface area contributed by atoms with Gasteiger partial charge in [-0.15, -0.1) is 12.4 Å². The van der Waals surface area contributed by atoms with Crippen LogP contribution in [0.4, 0.5) is 0 Å². The highest BCUT2D eigenvalue weighted by molar-refractivity contribution is 6.35. The van der Waals surface area contributed by atoms with Crippen LogP contribution in [0.2, 0.25) is 25.1 Å². The molecule has 0 spiro atoms. The lowest BCUT2D eigenvalue weighted by atomic mass is 10.1. The standard InChI is InChI=1S/C25H20Cl6N2O.ClH/c26-19-5-1-16(2-6-19)24(34-14-18-4-8-21(28)12-23(18)30)25(31)33-10-9-32(15-33)13-17-3-7-20(27)11-22(17)29;/h1-12,24-25H,13-15H2;1H. The van der Waals surface area contributed by atoms with E-state index in [1.165, 1.54) is 0 Å². The zero-order chi connectivity index (χ0) is 24.2. The van der Waals surface area contributed by atoms with Gasteiger partial charge in [0, 0.05) is 44.1 Å². The van der Waals surface area contributed by atoms with Crippen molar-refractivity contribution in [2.75, 3.05) is 6.67 Å². The minimum absolute atomic E-state index is 0. The van der Waals surface area contributed by atoms with Crippen LogP contribution in [0.15, 0.2) is 73.1 Å². The normalized spacial score (nSPS) is 14.7. The first kappa shape index (κ1) is 28.6. The number of hydrogen-bond acceptors (Lipinski definition) is 3. The molecule has 0 fully saturated rings. The van der Waals surface area contributed by atoms with Gasteiger partial charge in [0.15, 0.2) is 0 Å². The van der Waals surface area contributed by atoms with Crippen LogP contribution in [0, 0.1) is 0 Å². The first-order valence-corrected chi connectivity index (χ1v) is 12.7. The summed E-state index contributed by atoms with van der Waals surface area (Å²) in [4.78, 5) is 4.12. The Kier molecular flexibility index (Phi) is 10.6. The Bertz CT molecular complexity index is 1170. The van der Waals surface area contributed by atoms with Gasteiger partial charge in [0.05, 0.1) is 13.3 Å². The van der Waals surface area contributed by atoms with Gasteiger partial charge in [-0.3, -0.25) is 0 Å². The van der Waals surface area contributed by atoms with Crippen LogP contribution in [0.5, 0.6) is 0 Å². The van der Waals surface area contributed by atoms with Crippen LogP contribution in [0.25, 0.3) is 0 Å². The molecule has 1 aliphatic heterocycles. The highest BCUT2D eigenvalue weighted by Crippen LogP contribution is 2.33. The molecular formula is C25H21Cl7N2O. The van der Waals surface area contributed by atoms with Crippen molar-refractivity contribution in [3.8, 4) is 0 Å². The third-order valence-electron chi connectivity index (χ3n) is 5.40. The molecule has 0 radical (unpaired) electrons. The van der Waals surface area contributed by atoms with E-state index in [9.17, 15) is 0 Å². The van der Waals surface area contributed by atoms with E-state index in [1.54, 1.807) is 18.2 Å². The third kappa shape index (κ3) is 7.50. The maximum absolute atomic E-state index is 6.97. The summed E-state index contributed by atoms with van der Waals surface area (Å²) in [7, 11) is 0. The highest BCUT2D eigenvalue weighted by Gasteiger charge is 2.29. The molecule has 0 bridgehead atoms. The van der Waals surface area contributed by atoms with Crippen LogP contribution in [-0.2, 0) is 17.9 Å². The Morgan fingerprint density at radius 2 is 1.31 bits per heavy atom. The average Bonchev–Trinajstić information content (AvgIpc) is 3.27. The summed E-state index contributed by atoms with van der Waals surface area (Å²) in [6.45, 7) is 1.47. The topological polar surface area (TPSA) is 15.7 Å². The van der Waals surface area contributed by atoms with Gasteiger partial charge in [-0.2, -0.15) is 0 Å². The molecule has 3 aromatic rings. The monoisotopic (exact) mass is 610 g/mol. The summed E-state index contributed by atoms with van der Waals surface area (Å²) in [5.41, 5.74) is 2.22. The zero-order valence-electron chi connectivity index (χ0n) is 18.2. The molecule has 0 saturated carbocycles. The summed E-state index contributed by atoms with van der Waals surface area (Å²) in [5.74, 6) is 0. The maximum atomic E-state index is 6.97. The van der Waals surface area contributed by atoms with Crippen molar-refractivity contribution < 1.29 is 4.74 Å². The van der Waals surface area contributed by atoms with E-state index in [-0.39, 0.29) is 19.0 Å². The number of nitrogens with zero attached hydrogens (tertiary/aromatic N) is 2. The van der Waals surface area contributed by atoms with E-state index >= 15 is 0 Å². The van der Waals surface area contributed by atoms with Crippen LogP contribution >= 0.6 is 82.0 Å². The predicted molar refractivity (Wildman–Crippen MR) is 150 cm³/mol. The quantitative estimate of drug-likeness (QED) is 0.186. The first-order chi connectivity index (χ1) is 16.3. The summed E-state index contributed by atoms with van der Waals surface area (Å²) in [6.07, 6.45) is 3.48. The molecule has 4 rings (SSSR count). The fourth-order valence-electron chi connectivity index (χ4n) is 3.59. The van der Waals surface area contributed by atoms with Crippen molar-refractivity contribution in [2.45, 2.75) is 24.8 Å². The second-order valence-corrected chi connectivity index (χ2v) is 10.4. The number of halogens is 7. The fourth-order valence-corrected chi connectivity index (χ4v) is 5.00. The van der Waals surface area contributed by atoms with Gasteiger partial charge in [0.25, 0.3) is 0 Å². The van der Waals surface area contributed by atoms with E-state index in [4.69, 9.17) is 74.3 Å². The van der Waals surface area contributed by atoms with Crippen LogP contribution in [-0.4, -0.2) is 22.0 Å². The highest BCUT2D eigenvalue weighted by atomic mass is 35.5. The molecular weight excluding hydrogens is 592 g/mol. The Labute approximate surface area is 241 Å². The van der Waals surface area contributed by atoms with E-state index in [0.29, 0.717) is 38.3 Å². The zero-order valence-corrected chi connectivity index (χ0v) is 23.5. The molecule has 1 aliphatic rings. The minimum Gasteiger partial charge on any atom is -0.365 e. The Morgan fingerprint density at radius 1 is 0.743 bits per heavy atom. The second kappa shape index (κ2) is 13.0. The third-order valence-corrected chi connectivity index (χ3v) is 7.31. The molecule has 0 N–H and O–H groups in total. The number of hydrogen-bond donors (Lipinski definition) is 0. The van der Waals surface area contributed by atoms with Gasteiger partial charge in [-0.1, -0.05) is 93.9 Å². The maximum Gasteiger partial charge on any atom is 0.135 e. The first-order valence-electron chi connectivity index (χ1n) is 10.4. The summed E-state index contributed by atoms with van der Waals surface area (Å²) < 4.78 is 6.30. The lowest BCUT2D eigenvalue weighted by Gasteiger charge is -2.32. The van der Waals surface area contributed by atoms with Gasteiger partial charge < -0.3 is 14.5 Å². The van der Waals surface area contributed by atoms with Gasteiger partial charge in [-0.05, 0) is 53.1 Å². The molecule has 186 valence electrons. The van der Waals surface area contributed by atoms with Gasteiger partial charge in [0.2, 0.25) is 0 Å². The van der Waals surface area contributed by atoms with E-state index < -0.39 is 11.6 Å². The van der Waals surface area contributed by atoms with Crippen molar-refractivity contribution in [2.24, 2.45) is 0 Å². The van der Waals surface area contributed by atoms with Gasteiger partial charge in [0.1, 0.15) is 11.6 Å². The van der Waals surface area contributed by atoms with Crippen LogP contribution in [0.3, 0.4) is 0 Å². The van der Waals surface area contributed by atoms with E-state index in [2.05, 4.69) is 4.90 Å². The second-order valence-electron chi connectivity index (χ2n) is 7.83. The van der Waals surface area contributed by atoms with Crippen molar-refractivity contribution in [3.63, 3.8) is 0 Å². The molecule has 0 aromatic heterocycles. The lowest BCUT2D eigenvalue weighted by Crippen LogP contribution is -2.35. The Balaban J connectivity index is 0.00000342. The smallest absolute Gasteiger partial charge is 0.135 e.